The standard InChI is InChI=1S/C18H25N3O2S/c1-14-5-3-6-15(2)17(14)19-18-21(16(22)13-24-18)8-4-7-20-9-11-23-12-10-20/h3,5-6H,4,7-13H2,1-2H3. The molecule has 2 fully saturated rings. The van der Waals surface area contributed by atoms with Crippen LogP contribution in [0.5, 0.6) is 0 Å². The molecule has 0 aliphatic carbocycles. The summed E-state index contributed by atoms with van der Waals surface area (Å²) < 4.78 is 5.37. The van der Waals surface area contributed by atoms with Crippen molar-refractivity contribution in [3.05, 3.63) is 29.3 Å². The number of para-hydroxylation sites is 1. The first-order chi connectivity index (χ1) is 11.6. The highest BCUT2D eigenvalue weighted by atomic mass is 32.2. The lowest BCUT2D eigenvalue weighted by molar-refractivity contribution is -0.124. The first-order valence-corrected chi connectivity index (χ1v) is 9.52. The minimum atomic E-state index is 0.173. The van der Waals surface area contributed by atoms with Gasteiger partial charge in [-0.1, -0.05) is 30.0 Å². The zero-order valence-electron chi connectivity index (χ0n) is 14.5. The predicted octanol–water partition coefficient (Wildman–Crippen LogP) is 2.59. The van der Waals surface area contributed by atoms with Crippen LogP contribution in [0.1, 0.15) is 17.5 Å². The fourth-order valence-corrected chi connectivity index (χ4v) is 3.97. The average Bonchev–Trinajstić information content (AvgIpc) is 2.92. The molecule has 3 rings (SSSR count). The van der Waals surface area contributed by atoms with Gasteiger partial charge in [0.2, 0.25) is 5.91 Å². The SMILES string of the molecule is Cc1cccc(C)c1N=C1SCC(=O)N1CCCN1CCOCC1. The number of carbonyl (C=O) groups excluding carboxylic acids is 1. The molecule has 0 saturated carbocycles. The highest BCUT2D eigenvalue weighted by Crippen LogP contribution is 2.28. The molecule has 2 aliphatic rings. The molecule has 6 heteroatoms. The van der Waals surface area contributed by atoms with Gasteiger partial charge in [0.25, 0.3) is 0 Å². The van der Waals surface area contributed by atoms with Crippen molar-refractivity contribution in [2.24, 2.45) is 4.99 Å². The van der Waals surface area contributed by atoms with Gasteiger partial charge in [0, 0.05) is 26.2 Å². The number of thioether (sulfide) groups is 1. The number of morpholine rings is 1. The first kappa shape index (κ1) is 17.5. The monoisotopic (exact) mass is 347 g/mol. The van der Waals surface area contributed by atoms with Crippen molar-refractivity contribution in [1.29, 1.82) is 0 Å². The maximum Gasteiger partial charge on any atom is 0.239 e. The van der Waals surface area contributed by atoms with Gasteiger partial charge in [-0.3, -0.25) is 14.6 Å². The molecule has 1 aromatic carbocycles. The normalized spacial score (nSPS) is 21.0. The van der Waals surface area contributed by atoms with Crippen molar-refractivity contribution in [2.45, 2.75) is 20.3 Å². The van der Waals surface area contributed by atoms with Crippen LogP contribution in [0.2, 0.25) is 0 Å². The number of aliphatic imine (C=N–C) groups is 1. The predicted molar refractivity (Wildman–Crippen MR) is 99.1 cm³/mol. The first-order valence-electron chi connectivity index (χ1n) is 8.53. The number of amidine groups is 1. The second-order valence-electron chi connectivity index (χ2n) is 6.28. The van der Waals surface area contributed by atoms with E-state index in [1.54, 1.807) is 11.8 Å². The van der Waals surface area contributed by atoms with Gasteiger partial charge in [-0.15, -0.1) is 0 Å². The Morgan fingerprint density at radius 1 is 1.17 bits per heavy atom. The van der Waals surface area contributed by atoms with E-state index in [4.69, 9.17) is 9.73 Å². The quantitative estimate of drug-likeness (QED) is 0.821. The van der Waals surface area contributed by atoms with Crippen LogP contribution < -0.4 is 0 Å². The summed E-state index contributed by atoms with van der Waals surface area (Å²) in [6.45, 7) is 9.50. The van der Waals surface area contributed by atoms with Crippen molar-refractivity contribution < 1.29 is 9.53 Å². The van der Waals surface area contributed by atoms with Crippen LogP contribution in [0.4, 0.5) is 5.69 Å². The maximum atomic E-state index is 12.2. The Bertz CT molecular complexity index is 606. The lowest BCUT2D eigenvalue weighted by Crippen LogP contribution is -2.39. The summed E-state index contributed by atoms with van der Waals surface area (Å²) in [6, 6.07) is 6.18. The lowest BCUT2D eigenvalue weighted by Gasteiger charge is -2.27. The van der Waals surface area contributed by atoms with Gasteiger partial charge >= 0.3 is 0 Å². The van der Waals surface area contributed by atoms with Crippen LogP contribution in [0.3, 0.4) is 0 Å². The number of hydrogen-bond donors (Lipinski definition) is 0. The fraction of sp³-hybridized carbons (Fsp3) is 0.556. The molecule has 24 heavy (non-hydrogen) atoms. The Morgan fingerprint density at radius 2 is 1.88 bits per heavy atom. The third-order valence-electron chi connectivity index (χ3n) is 4.46. The van der Waals surface area contributed by atoms with Crippen LogP contribution in [0.25, 0.3) is 0 Å². The smallest absolute Gasteiger partial charge is 0.239 e. The second-order valence-corrected chi connectivity index (χ2v) is 7.22. The molecular weight excluding hydrogens is 322 g/mol. The van der Waals surface area contributed by atoms with E-state index in [9.17, 15) is 4.79 Å². The number of nitrogens with zero attached hydrogens (tertiary/aromatic N) is 3. The molecule has 0 spiro atoms. The molecule has 0 atom stereocenters. The Morgan fingerprint density at radius 3 is 2.58 bits per heavy atom. The van der Waals surface area contributed by atoms with Gasteiger partial charge in [-0.25, -0.2) is 4.99 Å². The molecule has 2 saturated heterocycles. The lowest BCUT2D eigenvalue weighted by atomic mass is 10.1. The minimum absolute atomic E-state index is 0.173. The van der Waals surface area contributed by atoms with Gasteiger partial charge in [-0.2, -0.15) is 0 Å². The molecule has 2 heterocycles. The van der Waals surface area contributed by atoms with Gasteiger partial charge in [0.15, 0.2) is 5.17 Å². The Hall–Kier alpha value is -1.37. The summed E-state index contributed by atoms with van der Waals surface area (Å²) in [5, 5.41) is 0.847. The number of aryl methyl sites for hydroxylation is 2. The highest BCUT2D eigenvalue weighted by molar-refractivity contribution is 8.15. The van der Waals surface area contributed by atoms with E-state index >= 15 is 0 Å². The van der Waals surface area contributed by atoms with Crippen molar-refractivity contribution in [3.63, 3.8) is 0 Å². The van der Waals surface area contributed by atoms with E-state index < -0.39 is 0 Å². The molecule has 0 aromatic heterocycles. The Kier molecular flexibility index (Phi) is 5.92. The number of ether oxygens (including phenoxy) is 1. The van der Waals surface area contributed by atoms with Crippen molar-refractivity contribution in [2.75, 3.05) is 45.1 Å². The molecule has 2 aliphatic heterocycles. The Labute approximate surface area is 148 Å². The van der Waals surface area contributed by atoms with Gasteiger partial charge in [0.1, 0.15) is 0 Å². The average molecular weight is 347 g/mol. The van der Waals surface area contributed by atoms with E-state index in [-0.39, 0.29) is 5.91 Å². The fourth-order valence-electron chi connectivity index (χ4n) is 3.06. The van der Waals surface area contributed by atoms with E-state index in [2.05, 4.69) is 30.9 Å². The number of amides is 1. The summed E-state index contributed by atoms with van der Waals surface area (Å²) in [5.41, 5.74) is 3.29. The van der Waals surface area contributed by atoms with Crippen LogP contribution in [-0.4, -0.2) is 66.0 Å². The third kappa shape index (κ3) is 4.18. The summed E-state index contributed by atoms with van der Waals surface area (Å²) in [7, 11) is 0. The molecule has 5 nitrogen and oxygen atoms in total. The largest absolute Gasteiger partial charge is 0.379 e. The van der Waals surface area contributed by atoms with E-state index in [0.717, 1.165) is 67.8 Å². The summed E-state index contributed by atoms with van der Waals surface area (Å²) >= 11 is 1.55. The molecule has 0 N–H and O–H groups in total. The number of rotatable bonds is 5. The molecular formula is C18H25N3O2S. The number of benzene rings is 1. The van der Waals surface area contributed by atoms with Crippen LogP contribution in [0.15, 0.2) is 23.2 Å². The Balaban J connectivity index is 1.64. The maximum absolute atomic E-state index is 12.2. The van der Waals surface area contributed by atoms with E-state index in [0.29, 0.717) is 5.75 Å². The number of hydrogen-bond acceptors (Lipinski definition) is 5. The second kappa shape index (κ2) is 8.14. The van der Waals surface area contributed by atoms with Crippen LogP contribution >= 0.6 is 11.8 Å². The minimum Gasteiger partial charge on any atom is -0.379 e. The molecule has 0 radical (unpaired) electrons. The highest BCUT2D eigenvalue weighted by Gasteiger charge is 2.28. The molecule has 130 valence electrons. The summed E-state index contributed by atoms with van der Waals surface area (Å²) in [6.07, 6.45) is 0.970. The molecule has 1 aromatic rings. The number of carbonyl (C=O) groups is 1. The molecule has 0 bridgehead atoms. The molecule has 0 unspecified atom stereocenters. The van der Waals surface area contributed by atoms with Crippen molar-refractivity contribution in [1.82, 2.24) is 9.80 Å². The van der Waals surface area contributed by atoms with E-state index in [1.807, 2.05) is 11.0 Å². The zero-order chi connectivity index (χ0) is 16.9. The van der Waals surface area contributed by atoms with Gasteiger partial charge < -0.3 is 4.74 Å². The van der Waals surface area contributed by atoms with Crippen molar-refractivity contribution >= 4 is 28.5 Å². The molecule has 1 amide bonds. The van der Waals surface area contributed by atoms with Gasteiger partial charge in [-0.05, 0) is 31.4 Å². The van der Waals surface area contributed by atoms with Crippen molar-refractivity contribution in [3.8, 4) is 0 Å². The summed E-state index contributed by atoms with van der Waals surface area (Å²) in [4.78, 5) is 21.3. The third-order valence-corrected chi connectivity index (χ3v) is 5.42. The van der Waals surface area contributed by atoms with Crippen LogP contribution in [0, 0.1) is 13.8 Å². The summed E-state index contributed by atoms with van der Waals surface area (Å²) in [5.74, 6) is 0.674. The van der Waals surface area contributed by atoms with Crippen LogP contribution in [-0.2, 0) is 9.53 Å². The topological polar surface area (TPSA) is 45.1 Å². The van der Waals surface area contributed by atoms with E-state index in [1.165, 1.54) is 0 Å². The van der Waals surface area contributed by atoms with Gasteiger partial charge in [0.05, 0.1) is 24.7 Å². The zero-order valence-corrected chi connectivity index (χ0v) is 15.3.